The largest absolute Gasteiger partial charge is 0.492 e. The molecule has 0 aliphatic carbocycles. The first-order valence-corrected chi connectivity index (χ1v) is 10.4. The summed E-state index contributed by atoms with van der Waals surface area (Å²) in [6, 6.07) is 11.6. The van der Waals surface area contributed by atoms with Gasteiger partial charge in [0.2, 0.25) is 0 Å². The van der Waals surface area contributed by atoms with Gasteiger partial charge in [-0.25, -0.2) is 9.48 Å². The van der Waals surface area contributed by atoms with Gasteiger partial charge in [-0.05, 0) is 37.5 Å². The van der Waals surface area contributed by atoms with E-state index in [9.17, 15) is 14.4 Å². The summed E-state index contributed by atoms with van der Waals surface area (Å²) in [6.07, 6.45) is 0.149. The number of rotatable bonds is 11. The van der Waals surface area contributed by atoms with Crippen molar-refractivity contribution < 1.29 is 19.1 Å². The third kappa shape index (κ3) is 8.49. The van der Waals surface area contributed by atoms with Gasteiger partial charge in [-0.1, -0.05) is 32.0 Å². The lowest BCUT2D eigenvalue weighted by atomic mass is 10.0. The minimum absolute atomic E-state index is 0.110. The lowest BCUT2D eigenvalue weighted by molar-refractivity contribution is 0.0936. The number of aromatic nitrogens is 2. The number of nitrogens with one attached hydrogen (secondary N) is 2. The molecule has 2 amide bonds. The third-order valence-corrected chi connectivity index (χ3v) is 4.28. The normalized spacial score (nSPS) is 11.6. The van der Waals surface area contributed by atoms with Gasteiger partial charge in [0.05, 0.1) is 13.2 Å². The van der Waals surface area contributed by atoms with Crippen LogP contribution < -0.4 is 20.9 Å². The molecule has 9 heteroatoms. The topological polar surface area (TPSA) is 112 Å². The van der Waals surface area contributed by atoms with Gasteiger partial charge < -0.3 is 20.1 Å². The van der Waals surface area contributed by atoms with Crippen molar-refractivity contribution >= 4 is 12.0 Å². The van der Waals surface area contributed by atoms with Crippen LogP contribution in [0.25, 0.3) is 0 Å². The third-order valence-electron chi connectivity index (χ3n) is 4.28. The molecule has 0 bridgehead atoms. The molecular weight excluding hydrogens is 400 g/mol. The summed E-state index contributed by atoms with van der Waals surface area (Å²) in [5.74, 6) is 0.570. The van der Waals surface area contributed by atoms with Crippen LogP contribution in [0.1, 0.15) is 37.7 Å². The van der Waals surface area contributed by atoms with Crippen molar-refractivity contribution in [3.05, 3.63) is 58.5 Å². The average molecular weight is 431 g/mol. The second-order valence-corrected chi connectivity index (χ2v) is 7.34. The van der Waals surface area contributed by atoms with E-state index >= 15 is 0 Å². The van der Waals surface area contributed by atoms with E-state index in [0.717, 1.165) is 0 Å². The van der Waals surface area contributed by atoms with Crippen molar-refractivity contribution in [2.75, 3.05) is 19.8 Å². The van der Waals surface area contributed by atoms with Gasteiger partial charge in [-0.3, -0.25) is 9.59 Å². The minimum Gasteiger partial charge on any atom is -0.492 e. The number of amides is 2. The zero-order valence-electron chi connectivity index (χ0n) is 18.2. The summed E-state index contributed by atoms with van der Waals surface area (Å²) in [6.45, 7) is 6.70. The summed E-state index contributed by atoms with van der Waals surface area (Å²) in [4.78, 5) is 36.3. The second-order valence-electron chi connectivity index (χ2n) is 7.34. The first-order valence-electron chi connectivity index (χ1n) is 10.4. The Morgan fingerprint density at radius 2 is 1.87 bits per heavy atom. The van der Waals surface area contributed by atoms with Gasteiger partial charge >= 0.3 is 6.09 Å². The Balaban J connectivity index is 1.94. The fourth-order valence-corrected chi connectivity index (χ4v) is 2.91. The van der Waals surface area contributed by atoms with Crippen molar-refractivity contribution in [3.8, 4) is 5.75 Å². The van der Waals surface area contributed by atoms with E-state index in [1.54, 1.807) is 6.92 Å². The van der Waals surface area contributed by atoms with Crippen LogP contribution in [0.15, 0.2) is 47.3 Å². The number of alkyl carbamates (subject to hydrolysis) is 1. The Morgan fingerprint density at radius 3 is 2.55 bits per heavy atom. The van der Waals surface area contributed by atoms with E-state index in [-0.39, 0.29) is 43.6 Å². The van der Waals surface area contributed by atoms with E-state index < -0.39 is 12.0 Å². The molecule has 31 heavy (non-hydrogen) atoms. The maximum Gasteiger partial charge on any atom is 0.407 e. The first kappa shape index (κ1) is 23.9. The van der Waals surface area contributed by atoms with Crippen molar-refractivity contribution in [1.82, 2.24) is 20.4 Å². The molecule has 9 nitrogen and oxygen atoms in total. The molecule has 0 fully saturated rings. The van der Waals surface area contributed by atoms with E-state index in [2.05, 4.69) is 15.7 Å². The van der Waals surface area contributed by atoms with E-state index in [1.807, 2.05) is 44.2 Å². The van der Waals surface area contributed by atoms with Crippen LogP contribution in [-0.4, -0.2) is 47.6 Å². The van der Waals surface area contributed by atoms with Crippen LogP contribution in [0.2, 0.25) is 0 Å². The highest BCUT2D eigenvalue weighted by atomic mass is 16.5. The zero-order chi connectivity index (χ0) is 22.6. The highest BCUT2D eigenvalue weighted by Crippen LogP contribution is 2.08. The summed E-state index contributed by atoms with van der Waals surface area (Å²) < 4.78 is 11.7. The Kier molecular flexibility index (Phi) is 9.54. The molecule has 1 atom stereocenters. The summed E-state index contributed by atoms with van der Waals surface area (Å²) in [7, 11) is 0. The molecule has 1 heterocycles. The average Bonchev–Trinajstić information content (AvgIpc) is 2.73. The summed E-state index contributed by atoms with van der Waals surface area (Å²) in [5, 5.41) is 9.65. The molecule has 0 saturated carbocycles. The molecule has 1 unspecified atom stereocenters. The molecule has 2 N–H and O–H groups in total. The lowest BCUT2D eigenvalue weighted by Crippen LogP contribution is -2.45. The monoisotopic (exact) mass is 430 g/mol. The standard InChI is InChI=1S/C22H30N4O5/c1-4-30-22(29)24-17(14-16(2)3)15-23-21(28)19-10-11-20(27)26(25-19)12-13-31-18-8-6-5-7-9-18/h5-11,16-17H,4,12-15H2,1-3H3,(H,23,28)(H,24,29). The molecule has 0 saturated heterocycles. The number of benzene rings is 1. The quantitative estimate of drug-likeness (QED) is 0.565. The Hall–Kier alpha value is -3.36. The molecule has 0 aliphatic rings. The number of ether oxygens (including phenoxy) is 2. The van der Waals surface area contributed by atoms with E-state index in [0.29, 0.717) is 18.1 Å². The molecule has 2 rings (SSSR count). The Labute approximate surface area is 181 Å². The van der Waals surface area contributed by atoms with Gasteiger partial charge in [-0.15, -0.1) is 0 Å². The summed E-state index contributed by atoms with van der Waals surface area (Å²) in [5.41, 5.74) is -0.214. The van der Waals surface area contributed by atoms with Crippen molar-refractivity contribution in [3.63, 3.8) is 0 Å². The Bertz CT molecular complexity index is 898. The van der Waals surface area contributed by atoms with Gasteiger partial charge in [0.15, 0.2) is 0 Å². The maximum atomic E-state index is 12.5. The van der Waals surface area contributed by atoms with Crippen LogP contribution in [-0.2, 0) is 11.3 Å². The number of nitrogens with zero attached hydrogens (tertiary/aromatic N) is 2. The smallest absolute Gasteiger partial charge is 0.407 e. The number of hydrogen-bond donors (Lipinski definition) is 2. The van der Waals surface area contributed by atoms with Gasteiger partial charge in [0.25, 0.3) is 11.5 Å². The minimum atomic E-state index is -0.521. The predicted octanol–water partition coefficient (Wildman–Crippen LogP) is 2.21. The number of para-hydroxylation sites is 1. The van der Waals surface area contributed by atoms with Crippen molar-refractivity contribution in [2.45, 2.75) is 39.8 Å². The number of carbonyl (C=O) groups is 2. The molecular formula is C22H30N4O5. The molecule has 1 aromatic heterocycles. The maximum absolute atomic E-state index is 12.5. The van der Waals surface area contributed by atoms with Crippen molar-refractivity contribution in [2.24, 2.45) is 5.92 Å². The highest BCUT2D eigenvalue weighted by molar-refractivity contribution is 5.92. The van der Waals surface area contributed by atoms with Gasteiger partial charge in [0, 0.05) is 18.7 Å². The highest BCUT2D eigenvalue weighted by Gasteiger charge is 2.17. The van der Waals surface area contributed by atoms with Gasteiger partial charge in [0.1, 0.15) is 18.1 Å². The van der Waals surface area contributed by atoms with Crippen LogP contribution in [0.3, 0.4) is 0 Å². The van der Waals surface area contributed by atoms with Crippen LogP contribution >= 0.6 is 0 Å². The fourth-order valence-electron chi connectivity index (χ4n) is 2.91. The second kappa shape index (κ2) is 12.4. The first-order chi connectivity index (χ1) is 14.9. The van der Waals surface area contributed by atoms with Crippen LogP contribution in [0.4, 0.5) is 4.79 Å². The molecule has 0 radical (unpaired) electrons. The summed E-state index contributed by atoms with van der Waals surface area (Å²) >= 11 is 0. The molecule has 2 aromatic rings. The van der Waals surface area contributed by atoms with Crippen LogP contribution in [0, 0.1) is 5.92 Å². The van der Waals surface area contributed by atoms with Crippen molar-refractivity contribution in [1.29, 1.82) is 0 Å². The predicted molar refractivity (Wildman–Crippen MR) is 116 cm³/mol. The van der Waals surface area contributed by atoms with E-state index in [4.69, 9.17) is 9.47 Å². The molecule has 0 aliphatic heterocycles. The molecule has 168 valence electrons. The molecule has 0 spiro atoms. The zero-order valence-corrected chi connectivity index (χ0v) is 18.2. The lowest BCUT2D eigenvalue weighted by Gasteiger charge is -2.20. The van der Waals surface area contributed by atoms with Gasteiger partial charge in [-0.2, -0.15) is 5.10 Å². The fraction of sp³-hybridized carbons (Fsp3) is 0.455. The molecule has 1 aromatic carbocycles. The van der Waals surface area contributed by atoms with Crippen LogP contribution in [0.5, 0.6) is 5.75 Å². The number of carbonyl (C=O) groups excluding carboxylic acids is 2. The van der Waals surface area contributed by atoms with E-state index in [1.165, 1.54) is 16.8 Å². The SMILES string of the molecule is CCOC(=O)NC(CNC(=O)c1ccc(=O)n(CCOc2ccccc2)n1)CC(C)C. The Morgan fingerprint density at radius 1 is 1.13 bits per heavy atom. The number of hydrogen-bond acceptors (Lipinski definition) is 6.